The number of nitrogens with zero attached hydrogens (tertiary/aromatic N) is 1. The van der Waals surface area contributed by atoms with Crippen molar-refractivity contribution in [3.63, 3.8) is 0 Å². The lowest BCUT2D eigenvalue weighted by Gasteiger charge is -2.09. The lowest BCUT2D eigenvalue weighted by Crippen LogP contribution is -2.26. The molecule has 2 N–H and O–H groups in total. The molecule has 126 valence electrons. The molecule has 0 radical (unpaired) electrons. The van der Waals surface area contributed by atoms with Gasteiger partial charge in [-0.05, 0) is 47.9 Å². The highest BCUT2D eigenvalue weighted by atomic mass is 16.2. The molecule has 4 nitrogen and oxygen atoms in total. The van der Waals surface area contributed by atoms with E-state index in [1.165, 1.54) is 10.9 Å². The van der Waals surface area contributed by atoms with Crippen LogP contribution in [0.1, 0.15) is 16.7 Å². The van der Waals surface area contributed by atoms with Crippen LogP contribution in [-0.2, 0) is 4.79 Å². The Balaban J connectivity index is 1.54. The van der Waals surface area contributed by atoms with E-state index in [9.17, 15) is 4.79 Å². The first-order chi connectivity index (χ1) is 12.1. The molecule has 3 aromatic rings. The molecule has 0 aliphatic rings. The van der Waals surface area contributed by atoms with Gasteiger partial charge in [0.15, 0.2) is 0 Å². The van der Waals surface area contributed by atoms with Gasteiger partial charge in [0.2, 0.25) is 0 Å². The van der Waals surface area contributed by atoms with Crippen molar-refractivity contribution in [2.75, 3.05) is 11.9 Å². The van der Waals surface area contributed by atoms with Gasteiger partial charge < -0.3 is 5.32 Å². The van der Waals surface area contributed by atoms with Gasteiger partial charge in [-0.1, -0.05) is 54.1 Å². The summed E-state index contributed by atoms with van der Waals surface area (Å²) in [6.07, 6.45) is 1.65. The van der Waals surface area contributed by atoms with Crippen molar-refractivity contribution in [2.45, 2.75) is 13.8 Å². The third-order valence-electron chi connectivity index (χ3n) is 4.00. The van der Waals surface area contributed by atoms with E-state index in [1.807, 2.05) is 56.3 Å². The number of hydrogen-bond donors (Lipinski definition) is 2. The average Bonchev–Trinajstić information content (AvgIpc) is 2.61. The largest absolute Gasteiger partial charge is 0.376 e. The van der Waals surface area contributed by atoms with Crippen LogP contribution in [0.3, 0.4) is 0 Å². The fraction of sp³-hybridized carbons (Fsp3) is 0.143. The van der Waals surface area contributed by atoms with Gasteiger partial charge in [-0.2, -0.15) is 5.10 Å². The molecule has 0 saturated carbocycles. The molecule has 0 bridgehead atoms. The van der Waals surface area contributed by atoms with Crippen LogP contribution in [-0.4, -0.2) is 18.7 Å². The minimum absolute atomic E-state index is 0.180. The number of carbonyl (C=O) groups is 1. The molecule has 1 amide bonds. The van der Waals surface area contributed by atoms with Crippen LogP contribution in [0.2, 0.25) is 0 Å². The van der Waals surface area contributed by atoms with Crippen molar-refractivity contribution in [3.05, 3.63) is 77.4 Å². The molecule has 0 spiro atoms. The Morgan fingerprint density at radius 3 is 2.60 bits per heavy atom. The number of benzene rings is 3. The van der Waals surface area contributed by atoms with Gasteiger partial charge in [0.1, 0.15) is 0 Å². The number of aryl methyl sites for hydroxylation is 2. The van der Waals surface area contributed by atoms with Gasteiger partial charge >= 0.3 is 0 Å². The SMILES string of the molecule is Cc1ccc(NCC(=O)N/N=C/c2ccc3ccccc3c2)c(C)c1. The molecule has 3 rings (SSSR count). The zero-order valence-corrected chi connectivity index (χ0v) is 14.4. The number of fused-ring (bicyclic) bond motifs is 1. The van der Waals surface area contributed by atoms with E-state index in [0.29, 0.717) is 0 Å². The van der Waals surface area contributed by atoms with Gasteiger partial charge in [0.25, 0.3) is 5.91 Å². The first-order valence-electron chi connectivity index (χ1n) is 8.24. The summed E-state index contributed by atoms with van der Waals surface area (Å²) < 4.78 is 0. The zero-order chi connectivity index (χ0) is 17.6. The summed E-state index contributed by atoms with van der Waals surface area (Å²) in [6.45, 7) is 4.25. The van der Waals surface area contributed by atoms with Crippen LogP contribution < -0.4 is 10.7 Å². The highest BCUT2D eigenvalue weighted by molar-refractivity contribution is 5.91. The zero-order valence-electron chi connectivity index (χ0n) is 14.4. The van der Waals surface area contributed by atoms with Crippen molar-refractivity contribution < 1.29 is 4.79 Å². The predicted octanol–water partition coefficient (Wildman–Crippen LogP) is 4.02. The third kappa shape index (κ3) is 4.44. The Morgan fingerprint density at radius 1 is 1.00 bits per heavy atom. The van der Waals surface area contributed by atoms with E-state index >= 15 is 0 Å². The Bertz CT molecular complexity index is 931. The van der Waals surface area contributed by atoms with E-state index < -0.39 is 0 Å². The summed E-state index contributed by atoms with van der Waals surface area (Å²) in [5.74, 6) is -0.183. The van der Waals surface area contributed by atoms with Crippen molar-refractivity contribution in [1.82, 2.24) is 5.43 Å². The monoisotopic (exact) mass is 331 g/mol. The van der Waals surface area contributed by atoms with E-state index in [2.05, 4.69) is 34.0 Å². The molecule has 25 heavy (non-hydrogen) atoms. The Kier molecular flexibility index (Phi) is 5.09. The molecule has 0 unspecified atom stereocenters. The molecule has 0 heterocycles. The molecule has 3 aromatic carbocycles. The topological polar surface area (TPSA) is 53.5 Å². The van der Waals surface area contributed by atoms with Crippen LogP contribution in [0.25, 0.3) is 10.8 Å². The number of amides is 1. The summed E-state index contributed by atoms with van der Waals surface area (Å²) in [7, 11) is 0. The Morgan fingerprint density at radius 2 is 1.80 bits per heavy atom. The Hall–Kier alpha value is -3.14. The number of hydrogen-bond acceptors (Lipinski definition) is 3. The van der Waals surface area contributed by atoms with E-state index in [1.54, 1.807) is 6.21 Å². The minimum Gasteiger partial charge on any atom is -0.376 e. The Labute approximate surface area is 147 Å². The van der Waals surface area contributed by atoms with Crippen LogP contribution >= 0.6 is 0 Å². The molecule has 0 saturated heterocycles. The molecule has 0 aromatic heterocycles. The molecular weight excluding hydrogens is 310 g/mol. The fourth-order valence-electron chi connectivity index (χ4n) is 2.69. The second kappa shape index (κ2) is 7.62. The molecule has 4 heteroatoms. The molecule has 0 fully saturated rings. The van der Waals surface area contributed by atoms with Crippen LogP contribution in [0.15, 0.2) is 65.8 Å². The van der Waals surface area contributed by atoms with Crippen molar-refractivity contribution in [1.29, 1.82) is 0 Å². The van der Waals surface area contributed by atoms with E-state index in [0.717, 1.165) is 22.2 Å². The highest BCUT2D eigenvalue weighted by Crippen LogP contribution is 2.16. The third-order valence-corrected chi connectivity index (χ3v) is 4.00. The molecule has 0 aliphatic carbocycles. The maximum absolute atomic E-state index is 11.9. The first-order valence-corrected chi connectivity index (χ1v) is 8.24. The highest BCUT2D eigenvalue weighted by Gasteiger charge is 2.02. The number of hydrazone groups is 1. The maximum atomic E-state index is 11.9. The van der Waals surface area contributed by atoms with Gasteiger partial charge in [-0.15, -0.1) is 0 Å². The van der Waals surface area contributed by atoms with Crippen LogP contribution in [0, 0.1) is 13.8 Å². The van der Waals surface area contributed by atoms with Crippen molar-refractivity contribution in [2.24, 2.45) is 5.10 Å². The normalized spacial score (nSPS) is 11.0. The van der Waals surface area contributed by atoms with Crippen LogP contribution in [0.5, 0.6) is 0 Å². The smallest absolute Gasteiger partial charge is 0.259 e. The van der Waals surface area contributed by atoms with Crippen LogP contribution in [0.4, 0.5) is 5.69 Å². The number of rotatable bonds is 5. The number of nitrogens with one attached hydrogen (secondary N) is 2. The minimum atomic E-state index is -0.183. The summed E-state index contributed by atoms with van der Waals surface area (Å²) in [5, 5.41) is 9.49. The molecule has 0 atom stereocenters. The lowest BCUT2D eigenvalue weighted by molar-refractivity contribution is -0.119. The van der Waals surface area contributed by atoms with Gasteiger partial charge in [0, 0.05) is 5.69 Å². The number of carbonyl (C=O) groups excluding carboxylic acids is 1. The summed E-state index contributed by atoms with van der Waals surface area (Å²) in [5.41, 5.74) is 6.77. The molecule has 0 aliphatic heterocycles. The standard InChI is InChI=1S/C21H21N3O/c1-15-7-10-20(16(2)11-15)22-14-21(25)24-23-13-17-8-9-18-5-3-4-6-19(18)12-17/h3-13,22H,14H2,1-2H3,(H,24,25)/b23-13+. The summed E-state index contributed by atoms with van der Waals surface area (Å²) >= 11 is 0. The van der Waals surface area contributed by atoms with Gasteiger partial charge in [-0.25, -0.2) is 5.43 Å². The fourth-order valence-corrected chi connectivity index (χ4v) is 2.69. The second-order valence-corrected chi connectivity index (χ2v) is 6.07. The van der Waals surface area contributed by atoms with E-state index in [-0.39, 0.29) is 12.5 Å². The second-order valence-electron chi connectivity index (χ2n) is 6.07. The van der Waals surface area contributed by atoms with E-state index in [4.69, 9.17) is 0 Å². The average molecular weight is 331 g/mol. The lowest BCUT2D eigenvalue weighted by atomic mass is 10.1. The summed E-state index contributed by atoms with van der Waals surface area (Å²) in [6, 6.07) is 20.3. The number of anilines is 1. The van der Waals surface area contributed by atoms with Crippen molar-refractivity contribution >= 4 is 28.6 Å². The quantitative estimate of drug-likeness (QED) is 0.548. The molecular formula is C21H21N3O. The maximum Gasteiger partial charge on any atom is 0.259 e. The van der Waals surface area contributed by atoms with Crippen molar-refractivity contribution in [3.8, 4) is 0 Å². The van der Waals surface area contributed by atoms with Gasteiger partial charge in [-0.3, -0.25) is 4.79 Å². The first kappa shape index (κ1) is 16.7. The predicted molar refractivity (Wildman–Crippen MR) is 104 cm³/mol. The summed E-state index contributed by atoms with van der Waals surface area (Å²) in [4.78, 5) is 11.9. The van der Waals surface area contributed by atoms with Gasteiger partial charge in [0.05, 0.1) is 12.8 Å².